The second-order valence-electron chi connectivity index (χ2n) is 4.12. The molecule has 1 aromatic carbocycles. The number of rotatable bonds is 2. The van der Waals surface area contributed by atoms with E-state index in [0.29, 0.717) is 32.9 Å². The second-order valence-corrected chi connectivity index (χ2v) is 5.00. The number of hydrogen-bond acceptors (Lipinski definition) is 5. The molecule has 21 heavy (non-hydrogen) atoms. The zero-order valence-corrected chi connectivity index (χ0v) is 11.9. The van der Waals surface area contributed by atoms with Gasteiger partial charge in [-0.2, -0.15) is 10.2 Å². The van der Waals surface area contributed by atoms with Crippen LogP contribution in [-0.2, 0) is 0 Å². The van der Waals surface area contributed by atoms with Crippen LogP contribution in [0.15, 0.2) is 41.1 Å². The third-order valence-electron chi connectivity index (χ3n) is 2.67. The Bertz CT molecular complexity index is 834. The van der Waals surface area contributed by atoms with E-state index in [1.165, 1.54) is 6.20 Å². The van der Waals surface area contributed by atoms with Gasteiger partial charge in [0, 0.05) is 27.4 Å². The van der Waals surface area contributed by atoms with Gasteiger partial charge in [-0.05, 0) is 30.3 Å². The fraction of sp³-hybridized carbons (Fsp3) is 0. The highest BCUT2D eigenvalue weighted by atomic mass is 35.5. The summed E-state index contributed by atoms with van der Waals surface area (Å²) < 4.78 is 5.20. The van der Waals surface area contributed by atoms with E-state index in [4.69, 9.17) is 33.0 Å². The fourth-order valence-corrected chi connectivity index (χ4v) is 2.29. The highest BCUT2D eigenvalue weighted by Gasteiger charge is 2.12. The zero-order valence-electron chi connectivity index (χ0n) is 10.4. The average Bonchev–Trinajstić information content (AvgIpc) is 2.96. The van der Waals surface area contributed by atoms with Gasteiger partial charge in [0.2, 0.25) is 5.82 Å². The molecule has 0 aliphatic carbocycles. The van der Waals surface area contributed by atoms with Crippen LogP contribution >= 0.6 is 23.2 Å². The highest BCUT2D eigenvalue weighted by Crippen LogP contribution is 2.27. The summed E-state index contributed by atoms with van der Waals surface area (Å²) in [5, 5.41) is 13.7. The molecule has 0 bridgehead atoms. The summed E-state index contributed by atoms with van der Waals surface area (Å²) >= 11 is 11.9. The lowest BCUT2D eigenvalue weighted by Gasteiger charge is -1.97. The SMILES string of the molecule is N#Cc1cc(-c2nc(-c3cc(Cl)cc(Cl)c3)no2)ccn1. The molecule has 0 radical (unpaired) electrons. The molecule has 0 spiro atoms. The molecule has 0 amide bonds. The number of aromatic nitrogens is 3. The van der Waals surface area contributed by atoms with Gasteiger partial charge in [-0.3, -0.25) is 0 Å². The molecule has 0 aliphatic heterocycles. The van der Waals surface area contributed by atoms with Crippen molar-refractivity contribution in [3.8, 4) is 28.9 Å². The molecule has 0 aliphatic rings. The maximum Gasteiger partial charge on any atom is 0.258 e. The van der Waals surface area contributed by atoms with Gasteiger partial charge >= 0.3 is 0 Å². The van der Waals surface area contributed by atoms with E-state index >= 15 is 0 Å². The minimum Gasteiger partial charge on any atom is -0.334 e. The van der Waals surface area contributed by atoms with E-state index in [0.717, 1.165) is 0 Å². The van der Waals surface area contributed by atoms with Gasteiger partial charge in [-0.15, -0.1) is 0 Å². The van der Waals surface area contributed by atoms with Crippen LogP contribution in [0, 0.1) is 11.3 Å². The van der Waals surface area contributed by atoms with E-state index in [-0.39, 0.29) is 5.69 Å². The quantitative estimate of drug-likeness (QED) is 0.714. The van der Waals surface area contributed by atoms with E-state index in [9.17, 15) is 0 Å². The first-order chi connectivity index (χ1) is 10.2. The summed E-state index contributed by atoms with van der Waals surface area (Å²) in [5.74, 6) is 0.657. The molecule has 0 N–H and O–H groups in total. The Morgan fingerprint density at radius 1 is 1.05 bits per heavy atom. The van der Waals surface area contributed by atoms with Crippen LogP contribution in [0.2, 0.25) is 10.0 Å². The Morgan fingerprint density at radius 2 is 1.81 bits per heavy atom. The van der Waals surface area contributed by atoms with Crippen LogP contribution in [0.4, 0.5) is 0 Å². The zero-order chi connectivity index (χ0) is 14.8. The summed E-state index contributed by atoms with van der Waals surface area (Å²) in [6.07, 6.45) is 1.51. The predicted molar refractivity (Wildman–Crippen MR) is 77.7 cm³/mol. The Hall–Kier alpha value is -2.42. The molecule has 0 unspecified atom stereocenters. The number of halogens is 2. The molecular weight excluding hydrogens is 311 g/mol. The highest BCUT2D eigenvalue weighted by molar-refractivity contribution is 6.35. The molecule has 102 valence electrons. The van der Waals surface area contributed by atoms with Crippen LogP contribution in [0.1, 0.15) is 5.69 Å². The maximum absolute atomic E-state index is 8.84. The monoisotopic (exact) mass is 316 g/mol. The second kappa shape index (κ2) is 5.52. The third kappa shape index (κ3) is 2.87. The van der Waals surface area contributed by atoms with E-state index in [2.05, 4.69) is 15.1 Å². The summed E-state index contributed by atoms with van der Waals surface area (Å²) in [5.41, 5.74) is 1.54. The van der Waals surface area contributed by atoms with E-state index < -0.39 is 0 Å². The topological polar surface area (TPSA) is 75.6 Å². The molecule has 0 fully saturated rings. The summed E-state index contributed by atoms with van der Waals surface area (Å²) in [4.78, 5) is 8.16. The van der Waals surface area contributed by atoms with Gasteiger partial charge in [0.25, 0.3) is 5.89 Å². The molecule has 0 saturated heterocycles. The Morgan fingerprint density at radius 3 is 2.52 bits per heavy atom. The standard InChI is InChI=1S/C14H6Cl2N4O/c15-10-3-9(4-11(16)6-10)13-19-14(21-20-13)8-1-2-18-12(5-8)7-17/h1-6H. The number of benzene rings is 1. The van der Waals surface area contributed by atoms with Crippen molar-refractivity contribution in [3.05, 3.63) is 52.3 Å². The molecule has 5 nitrogen and oxygen atoms in total. The lowest BCUT2D eigenvalue weighted by Crippen LogP contribution is -1.85. The Labute approximate surface area is 129 Å². The van der Waals surface area contributed by atoms with Gasteiger partial charge in [-0.25, -0.2) is 4.98 Å². The van der Waals surface area contributed by atoms with Crippen molar-refractivity contribution in [2.24, 2.45) is 0 Å². The Balaban J connectivity index is 2.01. The number of pyridine rings is 1. The van der Waals surface area contributed by atoms with E-state index in [1.54, 1.807) is 30.3 Å². The van der Waals surface area contributed by atoms with Crippen LogP contribution in [0.25, 0.3) is 22.8 Å². The molecule has 0 saturated carbocycles. The van der Waals surface area contributed by atoms with Crippen molar-refractivity contribution in [3.63, 3.8) is 0 Å². The van der Waals surface area contributed by atoms with E-state index in [1.807, 2.05) is 6.07 Å². The Kier molecular flexibility index (Phi) is 3.57. The minimum absolute atomic E-state index is 0.276. The van der Waals surface area contributed by atoms with Crippen LogP contribution in [0.5, 0.6) is 0 Å². The first-order valence-electron chi connectivity index (χ1n) is 5.82. The van der Waals surface area contributed by atoms with Crippen molar-refractivity contribution < 1.29 is 4.52 Å². The number of nitrogens with zero attached hydrogens (tertiary/aromatic N) is 4. The third-order valence-corrected chi connectivity index (χ3v) is 3.10. The van der Waals surface area contributed by atoms with Crippen LogP contribution in [-0.4, -0.2) is 15.1 Å². The number of hydrogen-bond donors (Lipinski definition) is 0. The minimum atomic E-state index is 0.276. The smallest absolute Gasteiger partial charge is 0.258 e. The van der Waals surface area contributed by atoms with Crippen molar-refractivity contribution >= 4 is 23.2 Å². The van der Waals surface area contributed by atoms with Crippen LogP contribution < -0.4 is 0 Å². The molecule has 0 atom stereocenters. The molecule has 7 heteroatoms. The first-order valence-corrected chi connectivity index (χ1v) is 6.58. The molecule has 2 aromatic heterocycles. The van der Waals surface area contributed by atoms with Crippen molar-refractivity contribution in [1.82, 2.24) is 15.1 Å². The van der Waals surface area contributed by atoms with Gasteiger partial charge in [0.05, 0.1) is 0 Å². The largest absolute Gasteiger partial charge is 0.334 e. The first kappa shape index (κ1) is 13.6. The molecule has 3 aromatic rings. The maximum atomic E-state index is 8.84. The summed E-state index contributed by atoms with van der Waals surface area (Å²) in [7, 11) is 0. The molecule has 2 heterocycles. The molecular formula is C14H6Cl2N4O. The lowest BCUT2D eigenvalue weighted by molar-refractivity contribution is 0.432. The predicted octanol–water partition coefficient (Wildman–Crippen LogP) is 3.98. The van der Waals surface area contributed by atoms with Gasteiger partial charge in [0.15, 0.2) is 0 Å². The van der Waals surface area contributed by atoms with Crippen LogP contribution in [0.3, 0.4) is 0 Å². The summed E-state index contributed by atoms with van der Waals surface area (Å²) in [6, 6.07) is 10.2. The fourth-order valence-electron chi connectivity index (χ4n) is 1.77. The molecule has 3 rings (SSSR count). The van der Waals surface area contributed by atoms with Gasteiger partial charge < -0.3 is 4.52 Å². The van der Waals surface area contributed by atoms with Gasteiger partial charge in [0.1, 0.15) is 11.8 Å². The normalized spacial score (nSPS) is 10.3. The van der Waals surface area contributed by atoms with Gasteiger partial charge in [-0.1, -0.05) is 28.4 Å². The van der Waals surface area contributed by atoms with Crippen molar-refractivity contribution in [1.29, 1.82) is 5.26 Å². The lowest BCUT2D eigenvalue weighted by atomic mass is 10.2. The van der Waals surface area contributed by atoms with Crippen molar-refractivity contribution in [2.45, 2.75) is 0 Å². The van der Waals surface area contributed by atoms with Crippen molar-refractivity contribution in [2.75, 3.05) is 0 Å². The average molecular weight is 317 g/mol. The summed E-state index contributed by atoms with van der Waals surface area (Å²) in [6.45, 7) is 0. The number of nitriles is 1.